The molecule has 0 radical (unpaired) electrons. The molecule has 0 amide bonds. The molecule has 0 N–H and O–H groups in total. The summed E-state index contributed by atoms with van der Waals surface area (Å²) in [6.45, 7) is 8.14. The van der Waals surface area contributed by atoms with E-state index in [-0.39, 0.29) is 5.78 Å². The monoisotopic (exact) mass is 257 g/mol. The highest BCUT2D eigenvalue weighted by atomic mass is 35.5. The Kier molecular flexibility index (Phi) is 5.15. The third kappa shape index (κ3) is 3.07. The Morgan fingerprint density at radius 1 is 1.35 bits per heavy atom. The molecular weight excluding hydrogens is 238 g/mol. The van der Waals surface area contributed by atoms with Crippen molar-refractivity contribution in [2.24, 2.45) is 0 Å². The highest BCUT2D eigenvalue weighted by molar-refractivity contribution is 6.34. The number of ketones is 1. The number of carbonyl (C=O) groups excluding carboxylic acids is 1. The quantitative estimate of drug-likeness (QED) is 0.726. The minimum absolute atomic E-state index is 0.0665. The summed E-state index contributed by atoms with van der Waals surface area (Å²) in [6.07, 6.45) is 1.04. The van der Waals surface area contributed by atoms with Crippen molar-refractivity contribution in [1.29, 1.82) is 0 Å². The van der Waals surface area contributed by atoms with Crippen molar-refractivity contribution in [3.63, 3.8) is 0 Å². The van der Waals surface area contributed by atoms with E-state index in [1.165, 1.54) is 6.92 Å². The number of hydrogen-bond donors (Lipinski definition) is 0. The molecule has 1 aliphatic heterocycles. The fraction of sp³-hybridized carbons (Fsp3) is 0.667. The van der Waals surface area contributed by atoms with Crippen LogP contribution in [0.25, 0.3) is 0 Å². The number of nitrogens with zero attached hydrogens (tertiary/aromatic N) is 3. The van der Waals surface area contributed by atoms with Crippen LogP contribution in [0.3, 0.4) is 0 Å². The van der Waals surface area contributed by atoms with E-state index in [9.17, 15) is 4.79 Å². The molecule has 0 saturated carbocycles. The fourth-order valence-electron chi connectivity index (χ4n) is 1.86. The van der Waals surface area contributed by atoms with E-state index < -0.39 is 0 Å². The average molecular weight is 258 g/mol. The molecule has 1 aromatic rings. The van der Waals surface area contributed by atoms with E-state index in [4.69, 9.17) is 11.6 Å². The molecule has 17 heavy (non-hydrogen) atoms. The molecule has 0 saturated heterocycles. The maximum atomic E-state index is 11.3. The fourth-order valence-corrected chi connectivity index (χ4v) is 2.19. The molecule has 2 heterocycles. The van der Waals surface area contributed by atoms with Crippen LogP contribution in [0.15, 0.2) is 0 Å². The van der Waals surface area contributed by atoms with Gasteiger partial charge in [0, 0.05) is 26.6 Å². The van der Waals surface area contributed by atoms with Crippen LogP contribution in [-0.4, -0.2) is 34.1 Å². The summed E-state index contributed by atoms with van der Waals surface area (Å²) in [4.78, 5) is 13.5. The maximum Gasteiger partial charge on any atom is 0.181 e. The molecule has 1 aromatic heterocycles. The number of halogens is 1. The molecular formula is C12H20ClN3O. The van der Waals surface area contributed by atoms with Gasteiger partial charge in [-0.3, -0.25) is 9.48 Å². The zero-order valence-corrected chi connectivity index (χ0v) is 11.7. The Morgan fingerprint density at radius 3 is 2.59 bits per heavy atom. The van der Waals surface area contributed by atoms with E-state index in [1.807, 2.05) is 25.6 Å². The van der Waals surface area contributed by atoms with Gasteiger partial charge in [0.25, 0.3) is 0 Å². The van der Waals surface area contributed by atoms with E-state index >= 15 is 0 Å². The zero-order chi connectivity index (χ0) is 13.0. The molecule has 4 nitrogen and oxygen atoms in total. The number of hydrogen-bond acceptors (Lipinski definition) is 3. The van der Waals surface area contributed by atoms with Crippen LogP contribution >= 0.6 is 11.6 Å². The number of aromatic nitrogens is 2. The van der Waals surface area contributed by atoms with E-state index in [0.717, 1.165) is 31.7 Å². The molecule has 0 bridgehead atoms. The van der Waals surface area contributed by atoms with E-state index in [2.05, 4.69) is 10.00 Å². The summed E-state index contributed by atoms with van der Waals surface area (Å²) in [7, 11) is 2.05. The van der Waals surface area contributed by atoms with Crippen molar-refractivity contribution in [2.45, 2.75) is 40.3 Å². The normalized spacial score (nSPS) is 15.6. The Balaban J connectivity index is 0.000000686. The van der Waals surface area contributed by atoms with Gasteiger partial charge in [-0.1, -0.05) is 25.4 Å². The van der Waals surface area contributed by atoms with Crippen LogP contribution in [-0.2, 0) is 13.1 Å². The van der Waals surface area contributed by atoms with Crippen LogP contribution in [0.2, 0.25) is 5.02 Å². The van der Waals surface area contributed by atoms with E-state index in [1.54, 1.807) is 0 Å². The first-order valence-electron chi connectivity index (χ1n) is 6.04. The molecule has 1 aliphatic rings. The second-order valence-corrected chi connectivity index (χ2v) is 4.36. The summed E-state index contributed by atoms with van der Waals surface area (Å²) in [6, 6.07) is 0. The lowest BCUT2D eigenvalue weighted by atomic mass is 10.3. The summed E-state index contributed by atoms with van der Waals surface area (Å²) >= 11 is 6.14. The molecule has 0 aliphatic carbocycles. The number of aryl methyl sites for hydroxylation is 1. The van der Waals surface area contributed by atoms with Gasteiger partial charge in [0.2, 0.25) is 0 Å². The van der Waals surface area contributed by atoms with Gasteiger partial charge in [0.1, 0.15) is 5.69 Å². The van der Waals surface area contributed by atoms with Crippen molar-refractivity contribution in [2.75, 3.05) is 13.6 Å². The topological polar surface area (TPSA) is 38.1 Å². The molecule has 96 valence electrons. The van der Waals surface area contributed by atoms with E-state index in [0.29, 0.717) is 10.7 Å². The second kappa shape index (κ2) is 6.17. The minimum Gasteiger partial charge on any atom is -0.300 e. The highest BCUT2D eigenvalue weighted by Crippen LogP contribution is 2.24. The molecule has 0 aromatic carbocycles. The number of fused-ring (bicyclic) bond motifs is 1. The molecule has 2 rings (SSSR count). The van der Waals surface area contributed by atoms with Gasteiger partial charge in [-0.2, -0.15) is 5.10 Å². The van der Waals surface area contributed by atoms with Gasteiger partial charge < -0.3 is 4.90 Å². The van der Waals surface area contributed by atoms with Gasteiger partial charge in [-0.25, -0.2) is 0 Å². The van der Waals surface area contributed by atoms with Gasteiger partial charge >= 0.3 is 0 Å². The molecule has 0 unspecified atom stereocenters. The summed E-state index contributed by atoms with van der Waals surface area (Å²) < 4.78 is 1.86. The Hall–Kier alpha value is -0.870. The van der Waals surface area contributed by atoms with Gasteiger partial charge in [0.05, 0.1) is 10.7 Å². The third-order valence-corrected chi connectivity index (χ3v) is 3.05. The SMILES string of the molecule is CC.CC(=O)c1nn2c(c1Cl)CN(C)CCC2. The van der Waals surface area contributed by atoms with Crippen LogP contribution in [0.4, 0.5) is 0 Å². The summed E-state index contributed by atoms with van der Waals surface area (Å²) in [5.74, 6) is -0.0665. The number of Topliss-reactive ketones (excluding diaryl/α,β-unsaturated/α-hetero) is 1. The first-order valence-corrected chi connectivity index (χ1v) is 6.42. The smallest absolute Gasteiger partial charge is 0.181 e. The van der Waals surface area contributed by atoms with Gasteiger partial charge in [-0.15, -0.1) is 0 Å². The van der Waals surface area contributed by atoms with Gasteiger partial charge in [0.15, 0.2) is 5.78 Å². The van der Waals surface area contributed by atoms with Crippen LogP contribution in [0, 0.1) is 0 Å². The van der Waals surface area contributed by atoms with Crippen molar-refractivity contribution in [3.05, 3.63) is 16.4 Å². The predicted molar refractivity (Wildman–Crippen MR) is 69.5 cm³/mol. The minimum atomic E-state index is -0.0665. The van der Waals surface area contributed by atoms with Gasteiger partial charge in [-0.05, 0) is 13.5 Å². The third-order valence-electron chi connectivity index (χ3n) is 2.66. The molecule has 0 atom stereocenters. The number of carbonyl (C=O) groups is 1. The average Bonchev–Trinajstić information content (AvgIpc) is 2.49. The standard InChI is InChI=1S/C10H14ClN3O.C2H6/c1-7(15)10-9(11)8-6-13(2)4-3-5-14(8)12-10;1-2/h3-6H2,1-2H3;1-2H3. The first-order chi connectivity index (χ1) is 8.09. The summed E-state index contributed by atoms with van der Waals surface area (Å²) in [5.41, 5.74) is 1.36. The van der Waals surface area contributed by atoms with Crippen LogP contribution < -0.4 is 0 Å². The lowest BCUT2D eigenvalue weighted by molar-refractivity contribution is 0.101. The highest BCUT2D eigenvalue weighted by Gasteiger charge is 2.21. The largest absolute Gasteiger partial charge is 0.300 e. The van der Waals surface area contributed by atoms with Crippen LogP contribution in [0.5, 0.6) is 0 Å². The Labute approximate surface area is 108 Å². The van der Waals surface area contributed by atoms with Crippen molar-refractivity contribution < 1.29 is 4.79 Å². The second-order valence-electron chi connectivity index (χ2n) is 3.98. The number of rotatable bonds is 1. The first kappa shape index (κ1) is 14.2. The maximum absolute atomic E-state index is 11.3. The predicted octanol–water partition coefficient (Wildman–Crippen LogP) is 2.60. The van der Waals surface area contributed by atoms with Crippen molar-refractivity contribution >= 4 is 17.4 Å². The molecule has 5 heteroatoms. The zero-order valence-electron chi connectivity index (χ0n) is 11.0. The van der Waals surface area contributed by atoms with Crippen LogP contribution in [0.1, 0.15) is 43.4 Å². The molecule has 0 fully saturated rings. The van der Waals surface area contributed by atoms with Crippen molar-refractivity contribution in [3.8, 4) is 0 Å². The lowest BCUT2D eigenvalue weighted by Crippen LogP contribution is -2.17. The lowest BCUT2D eigenvalue weighted by Gasteiger charge is -2.11. The Morgan fingerprint density at radius 2 is 2.00 bits per heavy atom. The van der Waals surface area contributed by atoms with Crippen molar-refractivity contribution in [1.82, 2.24) is 14.7 Å². The Bertz CT molecular complexity index is 401. The molecule has 0 spiro atoms. The summed E-state index contributed by atoms with van der Waals surface area (Å²) in [5, 5.41) is 4.78.